The first-order valence-corrected chi connectivity index (χ1v) is 8.78. The Morgan fingerprint density at radius 1 is 0.846 bits per heavy atom. The van der Waals surface area contributed by atoms with E-state index in [1.165, 1.54) is 11.1 Å². The molecule has 26 heavy (non-hydrogen) atoms. The Bertz CT molecular complexity index is 840. The van der Waals surface area contributed by atoms with Gasteiger partial charge in [-0.05, 0) is 29.7 Å². The molecule has 3 aromatic rings. The molecular formula is C22H25NO3. The van der Waals surface area contributed by atoms with Crippen molar-refractivity contribution in [3.8, 4) is 34.2 Å². The van der Waals surface area contributed by atoms with Crippen LogP contribution in [-0.4, -0.2) is 25.9 Å². The molecule has 0 aliphatic rings. The zero-order valence-corrected chi connectivity index (χ0v) is 15.8. The van der Waals surface area contributed by atoms with E-state index in [2.05, 4.69) is 41.8 Å². The van der Waals surface area contributed by atoms with Crippen molar-refractivity contribution in [2.24, 2.45) is 0 Å². The molecular weight excluding hydrogens is 326 g/mol. The summed E-state index contributed by atoms with van der Waals surface area (Å²) in [6.45, 7) is 2.20. The Balaban J connectivity index is 2.05. The topological polar surface area (TPSA) is 32.6 Å². The molecule has 0 radical (unpaired) electrons. The van der Waals surface area contributed by atoms with Crippen molar-refractivity contribution < 1.29 is 14.2 Å². The first-order valence-electron chi connectivity index (χ1n) is 8.78. The van der Waals surface area contributed by atoms with Crippen LogP contribution in [0.25, 0.3) is 16.9 Å². The highest BCUT2D eigenvalue weighted by Crippen LogP contribution is 2.40. The van der Waals surface area contributed by atoms with Crippen molar-refractivity contribution >= 4 is 0 Å². The van der Waals surface area contributed by atoms with Crippen LogP contribution in [0.15, 0.2) is 54.7 Å². The highest BCUT2D eigenvalue weighted by molar-refractivity contribution is 5.66. The fraction of sp³-hybridized carbons (Fsp3) is 0.273. The van der Waals surface area contributed by atoms with Crippen LogP contribution in [0.1, 0.15) is 18.9 Å². The van der Waals surface area contributed by atoms with Gasteiger partial charge in [0, 0.05) is 18.3 Å². The van der Waals surface area contributed by atoms with Crippen LogP contribution in [0.3, 0.4) is 0 Å². The van der Waals surface area contributed by atoms with Crippen LogP contribution in [-0.2, 0) is 6.42 Å². The fourth-order valence-corrected chi connectivity index (χ4v) is 3.18. The second kappa shape index (κ2) is 8.00. The van der Waals surface area contributed by atoms with Crippen LogP contribution in [0.2, 0.25) is 0 Å². The quantitative estimate of drug-likeness (QED) is 0.592. The van der Waals surface area contributed by atoms with Crippen LogP contribution in [0, 0.1) is 0 Å². The lowest BCUT2D eigenvalue weighted by molar-refractivity contribution is 0.324. The summed E-state index contributed by atoms with van der Waals surface area (Å²) >= 11 is 0. The van der Waals surface area contributed by atoms with Crippen LogP contribution in [0.4, 0.5) is 0 Å². The largest absolute Gasteiger partial charge is 0.493 e. The zero-order chi connectivity index (χ0) is 18.5. The predicted molar refractivity (Wildman–Crippen MR) is 105 cm³/mol. The average molecular weight is 351 g/mol. The Labute approximate surface area is 154 Å². The van der Waals surface area contributed by atoms with Gasteiger partial charge >= 0.3 is 0 Å². The van der Waals surface area contributed by atoms with E-state index in [9.17, 15) is 0 Å². The summed E-state index contributed by atoms with van der Waals surface area (Å²) < 4.78 is 18.5. The lowest BCUT2D eigenvalue weighted by atomic mass is 10.1. The van der Waals surface area contributed by atoms with E-state index in [0.717, 1.165) is 24.2 Å². The number of ether oxygens (including phenoxy) is 3. The Hall–Kier alpha value is -2.88. The van der Waals surface area contributed by atoms with Gasteiger partial charge in [-0.3, -0.25) is 0 Å². The molecule has 0 atom stereocenters. The highest BCUT2D eigenvalue weighted by atomic mass is 16.5. The molecule has 1 heterocycles. The molecule has 0 fully saturated rings. The summed E-state index contributed by atoms with van der Waals surface area (Å²) in [6, 6.07) is 16.8. The molecule has 2 aromatic carbocycles. The van der Waals surface area contributed by atoms with E-state index in [1.807, 2.05) is 24.4 Å². The van der Waals surface area contributed by atoms with Crippen LogP contribution < -0.4 is 14.2 Å². The number of rotatable bonds is 7. The zero-order valence-electron chi connectivity index (χ0n) is 15.8. The van der Waals surface area contributed by atoms with Crippen molar-refractivity contribution in [3.05, 3.63) is 60.3 Å². The van der Waals surface area contributed by atoms with Gasteiger partial charge in [-0.1, -0.05) is 37.6 Å². The van der Waals surface area contributed by atoms with E-state index in [1.54, 1.807) is 21.3 Å². The van der Waals surface area contributed by atoms with Gasteiger partial charge in [0.2, 0.25) is 5.75 Å². The summed E-state index contributed by atoms with van der Waals surface area (Å²) in [4.78, 5) is 0. The van der Waals surface area contributed by atoms with E-state index >= 15 is 0 Å². The minimum absolute atomic E-state index is 0.594. The monoisotopic (exact) mass is 351 g/mol. The highest BCUT2D eigenvalue weighted by Gasteiger charge is 2.15. The smallest absolute Gasteiger partial charge is 0.203 e. The van der Waals surface area contributed by atoms with Gasteiger partial charge in [-0.15, -0.1) is 0 Å². The van der Waals surface area contributed by atoms with E-state index in [-0.39, 0.29) is 0 Å². The van der Waals surface area contributed by atoms with Gasteiger partial charge < -0.3 is 18.8 Å². The van der Waals surface area contributed by atoms with E-state index < -0.39 is 0 Å². The van der Waals surface area contributed by atoms with Crippen LogP contribution >= 0.6 is 0 Å². The first-order chi connectivity index (χ1) is 12.7. The van der Waals surface area contributed by atoms with Gasteiger partial charge in [-0.2, -0.15) is 0 Å². The standard InChI is InChI=1S/C22H25NO3/c1-5-7-16-9-11-17(12-10-16)19-8-6-13-23(19)18-14-20(24-2)22(26-4)21(15-18)25-3/h6,8-15H,5,7H2,1-4H3. The Morgan fingerprint density at radius 3 is 2.04 bits per heavy atom. The fourth-order valence-electron chi connectivity index (χ4n) is 3.18. The van der Waals surface area contributed by atoms with Gasteiger partial charge in [0.05, 0.1) is 32.7 Å². The number of hydrogen-bond acceptors (Lipinski definition) is 3. The summed E-state index contributed by atoms with van der Waals surface area (Å²) in [5, 5.41) is 0. The Kier molecular flexibility index (Phi) is 5.52. The minimum atomic E-state index is 0.594. The number of aromatic nitrogens is 1. The van der Waals surface area contributed by atoms with Crippen molar-refractivity contribution in [2.45, 2.75) is 19.8 Å². The van der Waals surface area contributed by atoms with Gasteiger partial charge in [0.25, 0.3) is 0 Å². The van der Waals surface area contributed by atoms with E-state index in [0.29, 0.717) is 17.2 Å². The number of aryl methyl sites for hydroxylation is 1. The number of methoxy groups -OCH3 is 3. The lowest BCUT2D eigenvalue weighted by Crippen LogP contribution is -2.00. The average Bonchev–Trinajstić information content (AvgIpc) is 3.17. The van der Waals surface area contributed by atoms with E-state index in [4.69, 9.17) is 14.2 Å². The maximum Gasteiger partial charge on any atom is 0.203 e. The molecule has 0 aliphatic heterocycles. The van der Waals surface area contributed by atoms with Crippen molar-refractivity contribution in [2.75, 3.05) is 21.3 Å². The van der Waals surface area contributed by atoms with Crippen molar-refractivity contribution in [1.82, 2.24) is 4.57 Å². The second-order valence-electron chi connectivity index (χ2n) is 6.09. The maximum absolute atomic E-state index is 5.49. The molecule has 0 saturated heterocycles. The summed E-state index contributed by atoms with van der Waals surface area (Å²) in [5.41, 5.74) is 4.60. The first kappa shape index (κ1) is 17.9. The molecule has 1 aromatic heterocycles. The SMILES string of the molecule is CCCc1ccc(-c2cccn2-c2cc(OC)c(OC)c(OC)c2)cc1. The third-order valence-corrected chi connectivity index (χ3v) is 4.46. The molecule has 0 amide bonds. The molecule has 0 aliphatic carbocycles. The molecule has 136 valence electrons. The number of hydrogen-bond donors (Lipinski definition) is 0. The molecule has 0 spiro atoms. The molecule has 3 rings (SSSR count). The molecule has 4 heteroatoms. The number of nitrogens with zero attached hydrogens (tertiary/aromatic N) is 1. The molecule has 0 N–H and O–H groups in total. The van der Waals surface area contributed by atoms with Gasteiger partial charge in [0.15, 0.2) is 11.5 Å². The maximum atomic E-state index is 5.49. The van der Waals surface area contributed by atoms with Gasteiger partial charge in [0.1, 0.15) is 0 Å². The Morgan fingerprint density at radius 2 is 1.50 bits per heavy atom. The predicted octanol–water partition coefficient (Wildman–Crippen LogP) is 5.12. The lowest BCUT2D eigenvalue weighted by Gasteiger charge is -2.16. The normalized spacial score (nSPS) is 10.6. The van der Waals surface area contributed by atoms with Gasteiger partial charge in [-0.25, -0.2) is 0 Å². The molecule has 0 unspecified atom stereocenters. The summed E-state index contributed by atoms with van der Waals surface area (Å²) in [7, 11) is 4.87. The van der Waals surface area contributed by atoms with Crippen LogP contribution in [0.5, 0.6) is 17.2 Å². The summed E-state index contributed by atoms with van der Waals surface area (Å²) in [6.07, 6.45) is 4.30. The third-order valence-electron chi connectivity index (χ3n) is 4.46. The molecule has 0 bridgehead atoms. The molecule has 4 nitrogen and oxygen atoms in total. The molecule has 0 saturated carbocycles. The number of benzene rings is 2. The van der Waals surface area contributed by atoms with Crippen molar-refractivity contribution in [3.63, 3.8) is 0 Å². The minimum Gasteiger partial charge on any atom is -0.493 e. The second-order valence-corrected chi connectivity index (χ2v) is 6.09. The summed E-state index contributed by atoms with van der Waals surface area (Å²) in [5.74, 6) is 1.87. The van der Waals surface area contributed by atoms with Crippen molar-refractivity contribution in [1.29, 1.82) is 0 Å². The third kappa shape index (κ3) is 3.40.